The van der Waals surface area contributed by atoms with Crippen molar-refractivity contribution in [2.45, 2.75) is 20.1 Å². The maximum atomic E-state index is 12.9. The molecule has 5 heteroatoms. The van der Waals surface area contributed by atoms with Crippen LogP contribution in [0.25, 0.3) is 6.08 Å². The summed E-state index contributed by atoms with van der Waals surface area (Å²) in [6.07, 6.45) is 1.88. The number of nitrogens with zero attached hydrogens (tertiary/aromatic N) is 1. The molecule has 1 heterocycles. The Hall–Kier alpha value is -2.89. The van der Waals surface area contributed by atoms with Crippen LogP contribution in [0.15, 0.2) is 83.8 Å². The summed E-state index contributed by atoms with van der Waals surface area (Å²) in [4.78, 5) is 15.1. The molecular weight excluding hydrogens is 410 g/mol. The van der Waals surface area contributed by atoms with Crippen LogP contribution in [0.5, 0.6) is 5.75 Å². The van der Waals surface area contributed by atoms with E-state index in [9.17, 15) is 4.79 Å². The molecule has 1 aliphatic heterocycles. The van der Waals surface area contributed by atoms with E-state index in [2.05, 4.69) is 31.2 Å². The first-order chi connectivity index (χ1) is 14.6. The van der Waals surface area contributed by atoms with Gasteiger partial charge in [0.1, 0.15) is 16.7 Å². The third-order valence-electron chi connectivity index (χ3n) is 4.74. The van der Waals surface area contributed by atoms with Crippen LogP contribution in [0.3, 0.4) is 0 Å². The van der Waals surface area contributed by atoms with Gasteiger partial charge in [-0.05, 0) is 41.8 Å². The van der Waals surface area contributed by atoms with Gasteiger partial charge >= 0.3 is 0 Å². The van der Waals surface area contributed by atoms with Gasteiger partial charge in [0.25, 0.3) is 5.91 Å². The van der Waals surface area contributed by atoms with Gasteiger partial charge in [-0.2, -0.15) is 0 Å². The van der Waals surface area contributed by atoms with E-state index in [0.29, 0.717) is 22.4 Å². The first-order valence-corrected chi connectivity index (χ1v) is 10.9. The molecule has 0 unspecified atom stereocenters. The Morgan fingerprint density at radius 2 is 1.73 bits per heavy atom. The average Bonchev–Trinajstić information content (AvgIpc) is 3.02. The van der Waals surface area contributed by atoms with E-state index in [4.69, 9.17) is 17.0 Å². The predicted octanol–water partition coefficient (Wildman–Crippen LogP) is 5.98. The van der Waals surface area contributed by atoms with Gasteiger partial charge in [0, 0.05) is 0 Å². The molecule has 0 bridgehead atoms. The molecule has 1 saturated heterocycles. The van der Waals surface area contributed by atoms with E-state index < -0.39 is 0 Å². The number of thioether (sulfide) groups is 1. The number of benzene rings is 3. The summed E-state index contributed by atoms with van der Waals surface area (Å²) in [7, 11) is 0. The van der Waals surface area contributed by atoms with E-state index in [1.807, 2.05) is 60.7 Å². The van der Waals surface area contributed by atoms with Crippen LogP contribution in [0.4, 0.5) is 0 Å². The lowest BCUT2D eigenvalue weighted by Gasteiger charge is -2.14. The highest BCUT2D eigenvalue weighted by Gasteiger charge is 2.31. The van der Waals surface area contributed by atoms with E-state index in [-0.39, 0.29) is 5.91 Å². The topological polar surface area (TPSA) is 29.5 Å². The largest absolute Gasteiger partial charge is 0.489 e. The molecule has 1 amide bonds. The highest BCUT2D eigenvalue weighted by Crippen LogP contribution is 2.34. The van der Waals surface area contributed by atoms with Crippen molar-refractivity contribution in [3.8, 4) is 5.75 Å². The fourth-order valence-corrected chi connectivity index (χ4v) is 4.35. The molecule has 0 spiro atoms. The van der Waals surface area contributed by atoms with Crippen molar-refractivity contribution in [3.05, 3.63) is 106 Å². The van der Waals surface area contributed by atoms with Gasteiger partial charge in [0.05, 0.1) is 11.4 Å². The van der Waals surface area contributed by atoms with Gasteiger partial charge in [-0.25, -0.2) is 0 Å². The summed E-state index contributed by atoms with van der Waals surface area (Å²) >= 11 is 6.78. The summed E-state index contributed by atoms with van der Waals surface area (Å²) in [5.74, 6) is 0.712. The van der Waals surface area contributed by atoms with Gasteiger partial charge in [0.15, 0.2) is 0 Å². The Morgan fingerprint density at radius 3 is 2.50 bits per heavy atom. The Balaban J connectivity index is 1.45. The maximum Gasteiger partial charge on any atom is 0.266 e. The minimum atomic E-state index is -0.0557. The van der Waals surface area contributed by atoms with E-state index in [0.717, 1.165) is 22.4 Å². The lowest BCUT2D eigenvalue weighted by Crippen LogP contribution is -2.27. The Labute approximate surface area is 186 Å². The summed E-state index contributed by atoms with van der Waals surface area (Å²) < 4.78 is 6.51. The molecule has 0 aromatic heterocycles. The monoisotopic (exact) mass is 431 g/mol. The lowest BCUT2D eigenvalue weighted by atomic mass is 10.1. The van der Waals surface area contributed by atoms with E-state index in [1.54, 1.807) is 4.90 Å². The van der Waals surface area contributed by atoms with Gasteiger partial charge in [-0.1, -0.05) is 96.3 Å². The summed E-state index contributed by atoms with van der Waals surface area (Å²) in [6, 6.07) is 25.9. The smallest absolute Gasteiger partial charge is 0.266 e. The zero-order valence-corrected chi connectivity index (χ0v) is 18.2. The number of aryl methyl sites for hydroxylation is 1. The molecule has 30 heavy (non-hydrogen) atoms. The zero-order valence-electron chi connectivity index (χ0n) is 16.6. The maximum absolute atomic E-state index is 12.9. The van der Waals surface area contributed by atoms with Crippen LogP contribution in [-0.2, 0) is 17.9 Å². The van der Waals surface area contributed by atoms with Crippen molar-refractivity contribution in [2.75, 3.05) is 0 Å². The number of carbonyl (C=O) groups excluding carboxylic acids is 1. The van der Waals surface area contributed by atoms with Crippen molar-refractivity contribution in [2.24, 2.45) is 0 Å². The fraction of sp³-hybridized carbons (Fsp3) is 0.120. The van der Waals surface area contributed by atoms with Crippen molar-refractivity contribution in [1.29, 1.82) is 0 Å². The molecule has 0 aliphatic carbocycles. The standard InChI is InChI=1S/C25H21NO2S2/c1-18-10-12-20(13-11-18)17-28-22-9-5-8-21(14-22)15-23-24(27)26(25(29)30-23)16-19-6-3-2-4-7-19/h2-15H,16-17H2,1H3/b23-15-. The van der Waals surface area contributed by atoms with Crippen LogP contribution in [0.1, 0.15) is 22.3 Å². The van der Waals surface area contributed by atoms with Gasteiger partial charge in [0.2, 0.25) is 0 Å². The van der Waals surface area contributed by atoms with Crippen LogP contribution >= 0.6 is 24.0 Å². The SMILES string of the molecule is Cc1ccc(COc2cccc(/C=C3\SC(=S)N(Cc4ccccc4)C3=O)c2)cc1. The van der Waals surface area contributed by atoms with Crippen molar-refractivity contribution in [1.82, 2.24) is 4.90 Å². The summed E-state index contributed by atoms with van der Waals surface area (Å²) in [6.45, 7) is 3.06. The number of rotatable bonds is 6. The second kappa shape index (κ2) is 9.28. The summed E-state index contributed by atoms with van der Waals surface area (Å²) in [5, 5.41) is 0. The first kappa shape index (κ1) is 20.4. The predicted molar refractivity (Wildman–Crippen MR) is 127 cm³/mol. The number of ether oxygens (including phenoxy) is 1. The third-order valence-corrected chi connectivity index (χ3v) is 6.12. The Bertz CT molecular complexity index is 1090. The normalized spacial score (nSPS) is 15.1. The van der Waals surface area contributed by atoms with E-state index in [1.165, 1.54) is 17.3 Å². The molecular formula is C25H21NO2S2. The van der Waals surface area contributed by atoms with Gasteiger partial charge < -0.3 is 4.74 Å². The second-order valence-electron chi connectivity index (χ2n) is 7.10. The fourth-order valence-electron chi connectivity index (χ4n) is 3.10. The number of thiocarbonyl (C=S) groups is 1. The highest BCUT2D eigenvalue weighted by molar-refractivity contribution is 8.26. The molecule has 1 aliphatic rings. The van der Waals surface area contributed by atoms with E-state index >= 15 is 0 Å². The number of carbonyl (C=O) groups is 1. The molecule has 0 saturated carbocycles. The quantitative estimate of drug-likeness (QED) is 0.355. The lowest BCUT2D eigenvalue weighted by molar-refractivity contribution is -0.122. The van der Waals surface area contributed by atoms with Crippen molar-refractivity contribution < 1.29 is 9.53 Å². The molecule has 3 nitrogen and oxygen atoms in total. The molecule has 1 fully saturated rings. The van der Waals surface area contributed by atoms with Gasteiger partial charge in [-0.15, -0.1) is 0 Å². The van der Waals surface area contributed by atoms with Crippen molar-refractivity contribution in [3.63, 3.8) is 0 Å². The van der Waals surface area contributed by atoms with Crippen LogP contribution in [0, 0.1) is 6.92 Å². The molecule has 150 valence electrons. The molecule has 4 rings (SSSR count). The molecule has 0 N–H and O–H groups in total. The minimum absolute atomic E-state index is 0.0557. The van der Waals surface area contributed by atoms with Crippen molar-refractivity contribution >= 4 is 40.3 Å². The van der Waals surface area contributed by atoms with Gasteiger partial charge in [-0.3, -0.25) is 9.69 Å². The zero-order chi connectivity index (χ0) is 20.9. The second-order valence-corrected chi connectivity index (χ2v) is 8.78. The summed E-state index contributed by atoms with van der Waals surface area (Å²) in [5.41, 5.74) is 4.32. The average molecular weight is 432 g/mol. The number of hydrogen-bond acceptors (Lipinski definition) is 4. The minimum Gasteiger partial charge on any atom is -0.489 e. The number of hydrogen-bond donors (Lipinski definition) is 0. The van der Waals surface area contributed by atoms with Crippen LogP contribution in [0.2, 0.25) is 0 Å². The molecule has 0 atom stereocenters. The van der Waals surface area contributed by atoms with Crippen LogP contribution in [-0.4, -0.2) is 15.1 Å². The Kier molecular flexibility index (Phi) is 6.31. The Morgan fingerprint density at radius 1 is 0.967 bits per heavy atom. The molecule has 3 aromatic rings. The molecule has 0 radical (unpaired) electrons. The third kappa shape index (κ3) is 4.99. The molecule has 3 aromatic carbocycles. The number of amides is 1. The first-order valence-electron chi connectivity index (χ1n) is 9.66. The highest BCUT2D eigenvalue weighted by atomic mass is 32.2. The van der Waals surface area contributed by atoms with Crippen LogP contribution < -0.4 is 4.74 Å².